The van der Waals surface area contributed by atoms with Crippen LogP contribution in [0.4, 0.5) is 0 Å². The minimum absolute atomic E-state index is 0.568. The number of hydrogen-bond donors (Lipinski definition) is 0. The Hall–Kier alpha value is -3.12. The number of unbranched alkanes of at least 4 members (excludes halogenated alkanes) is 2. The smallest absolute Gasteiger partial charge is 0.127 e. The summed E-state index contributed by atoms with van der Waals surface area (Å²) in [4.78, 5) is 9.40. The summed E-state index contributed by atoms with van der Waals surface area (Å²) in [7, 11) is 0. The fraction of sp³-hybridized carbons (Fsp3) is 0.395. The third kappa shape index (κ3) is 7.39. The third-order valence-electron chi connectivity index (χ3n) is 8.97. The van der Waals surface area contributed by atoms with Gasteiger partial charge in [-0.15, -0.1) is 11.3 Å². The number of thiazole rings is 1. The van der Waals surface area contributed by atoms with Crippen molar-refractivity contribution in [2.24, 2.45) is 0 Å². The highest BCUT2D eigenvalue weighted by atomic mass is 35.5. The summed E-state index contributed by atoms with van der Waals surface area (Å²) in [5.74, 6) is 2.17. The largest absolute Gasteiger partial charge is 0.457 e. The van der Waals surface area contributed by atoms with Crippen LogP contribution in [0.2, 0.25) is 5.02 Å². The topological polar surface area (TPSA) is 30.3 Å². The maximum atomic E-state index is 6.03. The average Bonchev–Trinajstić information content (AvgIpc) is 3.65. The van der Waals surface area contributed by atoms with E-state index in [1.54, 1.807) is 0 Å². The molecule has 3 heterocycles. The van der Waals surface area contributed by atoms with Gasteiger partial charge in [-0.25, -0.2) is 4.98 Å². The van der Waals surface area contributed by atoms with Crippen LogP contribution in [0.15, 0.2) is 79.0 Å². The standard InChI is InChI=1S/C38H44ClN3OS/c1-3-5-13-36-37(28-14-18-32(19-15-28)43-33-20-16-31(39)17-21-33)40-38(44-36)29-22-25-41(26-23-29)24-9-8-10-30-27-42(4-2)35-12-7-6-11-34(30)35/h6-7,11-12,14-21,27,29H,3-5,8-10,13,22-26H2,1-2H3. The molecule has 1 saturated heterocycles. The molecule has 6 heteroatoms. The minimum atomic E-state index is 0.568. The molecular formula is C38H44ClN3OS. The van der Waals surface area contributed by atoms with E-state index in [0.717, 1.165) is 24.5 Å². The van der Waals surface area contributed by atoms with Gasteiger partial charge in [-0.1, -0.05) is 43.1 Å². The van der Waals surface area contributed by atoms with Crippen molar-refractivity contribution in [2.45, 2.75) is 77.7 Å². The molecular weight excluding hydrogens is 582 g/mol. The van der Waals surface area contributed by atoms with Crippen LogP contribution in [0.3, 0.4) is 0 Å². The van der Waals surface area contributed by atoms with Gasteiger partial charge >= 0.3 is 0 Å². The normalized spacial score (nSPS) is 14.4. The molecule has 0 atom stereocenters. The highest BCUT2D eigenvalue weighted by molar-refractivity contribution is 7.12. The summed E-state index contributed by atoms with van der Waals surface area (Å²) in [5, 5.41) is 3.47. The molecule has 1 aliphatic heterocycles. The third-order valence-corrected chi connectivity index (χ3v) is 10.5. The van der Waals surface area contributed by atoms with Gasteiger partial charge in [-0.3, -0.25) is 0 Å². The van der Waals surface area contributed by atoms with Gasteiger partial charge in [0.25, 0.3) is 0 Å². The summed E-state index contributed by atoms with van der Waals surface area (Å²) < 4.78 is 8.42. The molecule has 0 spiro atoms. The maximum Gasteiger partial charge on any atom is 0.127 e. The summed E-state index contributed by atoms with van der Waals surface area (Å²) in [6.45, 7) is 9.08. The molecule has 5 aromatic rings. The Bertz CT molecular complexity index is 1630. The number of aryl methyl sites for hydroxylation is 3. The maximum absolute atomic E-state index is 6.03. The number of hydrogen-bond acceptors (Lipinski definition) is 4. The first-order chi connectivity index (χ1) is 21.6. The van der Waals surface area contributed by atoms with Crippen LogP contribution in [0.5, 0.6) is 11.5 Å². The van der Waals surface area contributed by atoms with Crippen molar-refractivity contribution in [1.29, 1.82) is 0 Å². The Morgan fingerprint density at radius 1 is 0.864 bits per heavy atom. The Morgan fingerprint density at radius 2 is 1.59 bits per heavy atom. The fourth-order valence-electron chi connectivity index (χ4n) is 6.43. The first kappa shape index (κ1) is 30.9. The predicted octanol–water partition coefficient (Wildman–Crippen LogP) is 10.8. The van der Waals surface area contributed by atoms with Crippen LogP contribution in [0.25, 0.3) is 22.2 Å². The van der Waals surface area contributed by atoms with Gasteiger partial charge in [-0.2, -0.15) is 0 Å². The molecule has 4 nitrogen and oxygen atoms in total. The molecule has 3 aromatic carbocycles. The highest BCUT2D eigenvalue weighted by Crippen LogP contribution is 2.38. The van der Waals surface area contributed by atoms with Crippen molar-refractivity contribution in [2.75, 3.05) is 19.6 Å². The second kappa shape index (κ2) is 14.8. The van der Waals surface area contributed by atoms with Gasteiger partial charge in [0.05, 0.1) is 10.7 Å². The van der Waals surface area contributed by atoms with E-state index >= 15 is 0 Å². The molecule has 44 heavy (non-hydrogen) atoms. The number of nitrogens with zero attached hydrogens (tertiary/aromatic N) is 3. The van der Waals surface area contributed by atoms with E-state index in [2.05, 4.69) is 65.9 Å². The fourth-order valence-corrected chi connectivity index (χ4v) is 7.86. The van der Waals surface area contributed by atoms with E-state index in [1.165, 1.54) is 102 Å². The number of piperidine rings is 1. The van der Waals surface area contributed by atoms with Gasteiger partial charge < -0.3 is 14.2 Å². The number of aromatic nitrogens is 2. The molecule has 0 N–H and O–H groups in total. The van der Waals surface area contributed by atoms with Crippen molar-refractivity contribution >= 4 is 33.8 Å². The second-order valence-corrected chi connectivity index (χ2v) is 13.6. The Labute approximate surface area is 271 Å². The molecule has 0 saturated carbocycles. The number of fused-ring (bicyclic) bond motifs is 1. The first-order valence-corrected chi connectivity index (χ1v) is 17.6. The van der Waals surface area contributed by atoms with Crippen molar-refractivity contribution < 1.29 is 4.74 Å². The molecule has 0 amide bonds. The summed E-state index contributed by atoms with van der Waals surface area (Å²) in [5.41, 5.74) is 5.23. The Morgan fingerprint density at radius 3 is 2.32 bits per heavy atom. The van der Waals surface area contributed by atoms with Gasteiger partial charge in [0, 0.05) is 45.0 Å². The molecule has 1 aliphatic rings. The minimum Gasteiger partial charge on any atom is -0.457 e. The number of ether oxygens (including phenoxy) is 1. The summed E-state index contributed by atoms with van der Waals surface area (Å²) in [6.07, 6.45) is 12.0. The molecule has 6 rings (SSSR count). The summed E-state index contributed by atoms with van der Waals surface area (Å²) >= 11 is 7.98. The van der Waals surface area contributed by atoms with Gasteiger partial charge in [0.1, 0.15) is 11.5 Å². The number of rotatable bonds is 13. The number of para-hydroxylation sites is 1. The van der Waals surface area contributed by atoms with Crippen molar-refractivity contribution in [3.05, 3.63) is 99.5 Å². The van der Waals surface area contributed by atoms with E-state index in [4.69, 9.17) is 21.3 Å². The zero-order valence-electron chi connectivity index (χ0n) is 26.1. The van der Waals surface area contributed by atoms with Crippen molar-refractivity contribution in [3.63, 3.8) is 0 Å². The van der Waals surface area contributed by atoms with Crippen LogP contribution in [-0.4, -0.2) is 34.1 Å². The van der Waals surface area contributed by atoms with Crippen molar-refractivity contribution in [1.82, 2.24) is 14.5 Å². The van der Waals surface area contributed by atoms with E-state index in [1.807, 2.05) is 47.7 Å². The molecule has 2 aromatic heterocycles. The number of benzene rings is 3. The Balaban J connectivity index is 1.03. The number of likely N-dealkylation sites (tertiary alicyclic amines) is 1. The SMILES string of the molecule is CCCCc1sc(C2CCN(CCCCc3cn(CC)c4ccccc34)CC2)nc1-c1ccc(Oc2ccc(Cl)cc2)cc1. The highest BCUT2D eigenvalue weighted by Gasteiger charge is 2.25. The molecule has 0 bridgehead atoms. The molecule has 1 fully saturated rings. The van der Waals surface area contributed by atoms with E-state index in [9.17, 15) is 0 Å². The van der Waals surface area contributed by atoms with Gasteiger partial charge in [-0.05, 0) is 132 Å². The van der Waals surface area contributed by atoms with E-state index in [-0.39, 0.29) is 0 Å². The quantitative estimate of drug-likeness (QED) is 0.122. The molecule has 0 aliphatic carbocycles. The van der Waals surface area contributed by atoms with Crippen LogP contribution in [-0.2, 0) is 19.4 Å². The molecule has 0 unspecified atom stereocenters. The van der Waals surface area contributed by atoms with Gasteiger partial charge in [0.15, 0.2) is 0 Å². The Kier molecular flexibility index (Phi) is 10.4. The van der Waals surface area contributed by atoms with Crippen LogP contribution in [0, 0.1) is 0 Å². The number of halogens is 1. The lowest BCUT2D eigenvalue weighted by molar-refractivity contribution is 0.209. The monoisotopic (exact) mass is 625 g/mol. The van der Waals surface area contributed by atoms with Crippen LogP contribution >= 0.6 is 22.9 Å². The molecule has 230 valence electrons. The lowest BCUT2D eigenvalue weighted by Crippen LogP contribution is -2.33. The second-order valence-electron chi connectivity index (χ2n) is 12.0. The zero-order valence-corrected chi connectivity index (χ0v) is 27.7. The van der Waals surface area contributed by atoms with Gasteiger partial charge in [0.2, 0.25) is 0 Å². The van der Waals surface area contributed by atoms with Crippen LogP contribution < -0.4 is 4.74 Å². The lowest BCUT2D eigenvalue weighted by atomic mass is 9.97. The average molecular weight is 626 g/mol. The summed E-state index contributed by atoms with van der Waals surface area (Å²) in [6, 6.07) is 24.7. The van der Waals surface area contributed by atoms with Crippen LogP contribution in [0.1, 0.15) is 73.7 Å². The van der Waals surface area contributed by atoms with E-state index in [0.29, 0.717) is 10.9 Å². The molecule has 0 radical (unpaired) electrons. The van der Waals surface area contributed by atoms with Crippen molar-refractivity contribution in [3.8, 4) is 22.8 Å². The predicted molar refractivity (Wildman–Crippen MR) is 187 cm³/mol. The zero-order chi connectivity index (χ0) is 30.3. The van der Waals surface area contributed by atoms with E-state index < -0.39 is 0 Å². The first-order valence-electron chi connectivity index (χ1n) is 16.4. The lowest BCUT2D eigenvalue weighted by Gasteiger charge is -2.31.